The van der Waals surface area contributed by atoms with Crippen LogP contribution < -0.4 is 10.9 Å². The molecule has 0 saturated heterocycles. The van der Waals surface area contributed by atoms with Crippen molar-refractivity contribution in [2.45, 2.75) is 12.7 Å². The summed E-state index contributed by atoms with van der Waals surface area (Å²) in [6.45, 7) is -0.461. The average molecular weight is 388 g/mol. The highest BCUT2D eigenvalue weighted by atomic mass is 35.5. The summed E-state index contributed by atoms with van der Waals surface area (Å²) in [5.41, 5.74) is -1.93. The first kappa shape index (κ1) is 17.4. The van der Waals surface area contributed by atoms with Gasteiger partial charge in [-0.2, -0.15) is 13.2 Å². The lowest BCUT2D eigenvalue weighted by molar-refractivity contribution is -0.137. The van der Waals surface area contributed by atoms with Crippen LogP contribution in [0.25, 0.3) is 10.2 Å². The van der Waals surface area contributed by atoms with E-state index in [1.165, 1.54) is 23.7 Å². The second-order valence-corrected chi connectivity index (χ2v) is 6.38. The Morgan fingerprint density at radius 1 is 1.32 bits per heavy atom. The van der Waals surface area contributed by atoms with E-state index in [9.17, 15) is 22.8 Å². The Balaban J connectivity index is 1.85. The van der Waals surface area contributed by atoms with Crippen molar-refractivity contribution in [2.75, 3.05) is 5.32 Å². The Morgan fingerprint density at radius 2 is 2.08 bits per heavy atom. The fraction of sp³-hybridized carbons (Fsp3) is 0.133. The quantitative estimate of drug-likeness (QED) is 0.744. The van der Waals surface area contributed by atoms with Crippen LogP contribution in [0.5, 0.6) is 0 Å². The second-order valence-electron chi connectivity index (χ2n) is 5.05. The molecule has 3 rings (SSSR count). The molecule has 0 atom stereocenters. The van der Waals surface area contributed by atoms with Crippen molar-refractivity contribution in [1.29, 1.82) is 0 Å². The Kier molecular flexibility index (Phi) is 4.53. The molecule has 1 aromatic carbocycles. The van der Waals surface area contributed by atoms with Crippen molar-refractivity contribution in [3.05, 3.63) is 56.9 Å². The molecule has 0 saturated carbocycles. The van der Waals surface area contributed by atoms with Gasteiger partial charge in [0.2, 0.25) is 5.91 Å². The van der Waals surface area contributed by atoms with E-state index < -0.39 is 35.4 Å². The topological polar surface area (TPSA) is 64.0 Å². The van der Waals surface area contributed by atoms with Gasteiger partial charge >= 0.3 is 6.18 Å². The Hall–Kier alpha value is -2.39. The molecule has 5 nitrogen and oxygen atoms in total. The molecular formula is C15H9ClF3N3O2S. The SMILES string of the molecule is O=C(Cn1cnc2sccc2c1=O)Nc1ccc(Cl)cc1C(F)(F)F. The summed E-state index contributed by atoms with van der Waals surface area (Å²) in [5, 5.41) is 4.09. The third kappa shape index (κ3) is 3.67. The largest absolute Gasteiger partial charge is 0.418 e. The number of carbonyl (C=O) groups excluding carboxylic acids is 1. The van der Waals surface area contributed by atoms with Crippen molar-refractivity contribution < 1.29 is 18.0 Å². The molecule has 0 aliphatic heterocycles. The number of hydrogen-bond acceptors (Lipinski definition) is 4. The Morgan fingerprint density at radius 3 is 2.80 bits per heavy atom. The van der Waals surface area contributed by atoms with Gasteiger partial charge in [0.15, 0.2) is 0 Å². The van der Waals surface area contributed by atoms with E-state index in [1.54, 1.807) is 11.4 Å². The molecule has 10 heteroatoms. The molecule has 0 unspecified atom stereocenters. The van der Waals surface area contributed by atoms with Gasteiger partial charge in [-0.25, -0.2) is 4.98 Å². The second kappa shape index (κ2) is 6.49. The summed E-state index contributed by atoms with van der Waals surface area (Å²) in [7, 11) is 0. The molecule has 1 amide bonds. The number of anilines is 1. The number of nitrogens with zero attached hydrogens (tertiary/aromatic N) is 2. The highest BCUT2D eigenvalue weighted by Gasteiger charge is 2.34. The van der Waals surface area contributed by atoms with Crippen molar-refractivity contribution >= 4 is 44.7 Å². The highest BCUT2D eigenvalue weighted by molar-refractivity contribution is 7.16. The molecule has 2 aromatic heterocycles. The van der Waals surface area contributed by atoms with Crippen molar-refractivity contribution in [2.24, 2.45) is 0 Å². The molecular weight excluding hydrogens is 379 g/mol. The molecule has 0 spiro atoms. The van der Waals surface area contributed by atoms with Crippen LogP contribution in [-0.4, -0.2) is 15.5 Å². The number of halogens is 4. The molecule has 0 bridgehead atoms. The summed E-state index contributed by atoms with van der Waals surface area (Å²) < 4.78 is 40.1. The van der Waals surface area contributed by atoms with Crippen LogP contribution in [0.4, 0.5) is 18.9 Å². The molecule has 25 heavy (non-hydrogen) atoms. The molecule has 0 fully saturated rings. The minimum Gasteiger partial charge on any atom is -0.324 e. The monoisotopic (exact) mass is 387 g/mol. The van der Waals surface area contributed by atoms with Crippen LogP contribution >= 0.6 is 22.9 Å². The minimum absolute atomic E-state index is 0.103. The number of rotatable bonds is 3. The van der Waals surface area contributed by atoms with Crippen molar-refractivity contribution in [3.8, 4) is 0 Å². The first-order chi connectivity index (χ1) is 11.8. The summed E-state index contributed by atoms with van der Waals surface area (Å²) in [4.78, 5) is 28.8. The fourth-order valence-electron chi connectivity index (χ4n) is 2.21. The van der Waals surface area contributed by atoms with Crippen LogP contribution in [0.3, 0.4) is 0 Å². The van der Waals surface area contributed by atoms with E-state index in [-0.39, 0.29) is 5.02 Å². The lowest BCUT2D eigenvalue weighted by Gasteiger charge is -2.14. The lowest BCUT2D eigenvalue weighted by atomic mass is 10.1. The number of alkyl halides is 3. The first-order valence-electron chi connectivity index (χ1n) is 6.85. The number of fused-ring (bicyclic) bond motifs is 1. The van der Waals surface area contributed by atoms with Crippen molar-refractivity contribution in [3.63, 3.8) is 0 Å². The predicted octanol–water partition coefficient (Wildman–Crippen LogP) is 3.77. The standard InChI is InChI=1S/C15H9ClF3N3O2S/c16-8-1-2-11(10(5-8)15(17,18)19)21-12(23)6-22-7-20-13-9(14(22)24)3-4-25-13/h1-5,7H,6H2,(H,21,23). The van der Waals surface area contributed by atoms with Gasteiger partial charge < -0.3 is 5.32 Å². The van der Waals surface area contributed by atoms with Crippen LogP contribution in [0.15, 0.2) is 40.8 Å². The van der Waals surface area contributed by atoms with Gasteiger partial charge in [-0.3, -0.25) is 14.2 Å². The van der Waals surface area contributed by atoms with Gasteiger partial charge in [0.1, 0.15) is 11.4 Å². The first-order valence-corrected chi connectivity index (χ1v) is 8.11. The molecule has 2 heterocycles. The molecule has 1 N–H and O–H groups in total. The fourth-order valence-corrected chi connectivity index (χ4v) is 3.11. The third-order valence-electron chi connectivity index (χ3n) is 3.33. The smallest absolute Gasteiger partial charge is 0.324 e. The number of hydrogen-bond donors (Lipinski definition) is 1. The summed E-state index contributed by atoms with van der Waals surface area (Å²) in [5.74, 6) is -0.786. The molecule has 0 radical (unpaired) electrons. The highest BCUT2D eigenvalue weighted by Crippen LogP contribution is 2.36. The van der Waals surface area contributed by atoms with E-state index in [1.807, 2.05) is 0 Å². The Bertz CT molecular complexity index is 1010. The maximum absolute atomic E-state index is 13.0. The maximum atomic E-state index is 13.0. The van der Waals surface area contributed by atoms with Gasteiger partial charge in [0.05, 0.1) is 23.0 Å². The number of carbonyl (C=O) groups is 1. The van der Waals surface area contributed by atoms with Crippen LogP contribution in [-0.2, 0) is 17.5 Å². The maximum Gasteiger partial charge on any atom is 0.418 e. The minimum atomic E-state index is -4.68. The number of nitrogens with one attached hydrogen (secondary N) is 1. The van der Waals surface area contributed by atoms with Gasteiger partial charge in [-0.15, -0.1) is 11.3 Å². The molecule has 3 aromatic rings. The summed E-state index contributed by atoms with van der Waals surface area (Å²) in [6.07, 6.45) is -3.49. The third-order valence-corrected chi connectivity index (χ3v) is 4.38. The summed E-state index contributed by atoms with van der Waals surface area (Å²) >= 11 is 6.86. The number of amides is 1. The van der Waals surface area contributed by atoms with E-state index in [4.69, 9.17) is 11.6 Å². The number of aromatic nitrogens is 2. The van der Waals surface area contributed by atoms with Crippen LogP contribution in [0.1, 0.15) is 5.56 Å². The zero-order chi connectivity index (χ0) is 18.2. The summed E-state index contributed by atoms with van der Waals surface area (Å²) in [6, 6.07) is 4.59. The average Bonchev–Trinajstić information content (AvgIpc) is 3.00. The van der Waals surface area contributed by atoms with Crippen LogP contribution in [0, 0.1) is 0 Å². The molecule has 0 aliphatic rings. The van der Waals surface area contributed by atoms with Crippen LogP contribution in [0.2, 0.25) is 5.02 Å². The molecule has 130 valence electrons. The van der Waals surface area contributed by atoms with Gasteiger partial charge in [0.25, 0.3) is 5.56 Å². The normalized spacial score (nSPS) is 11.7. The lowest BCUT2D eigenvalue weighted by Crippen LogP contribution is -2.28. The van der Waals surface area contributed by atoms with Gasteiger partial charge in [0, 0.05) is 5.02 Å². The van der Waals surface area contributed by atoms with E-state index in [2.05, 4.69) is 10.3 Å². The zero-order valence-electron chi connectivity index (χ0n) is 12.3. The van der Waals surface area contributed by atoms with Gasteiger partial charge in [-0.05, 0) is 29.6 Å². The van der Waals surface area contributed by atoms with E-state index >= 15 is 0 Å². The number of thiophene rings is 1. The number of benzene rings is 1. The van der Waals surface area contributed by atoms with Gasteiger partial charge in [-0.1, -0.05) is 11.6 Å². The molecule has 0 aliphatic carbocycles. The van der Waals surface area contributed by atoms with E-state index in [0.717, 1.165) is 16.7 Å². The van der Waals surface area contributed by atoms with Crippen molar-refractivity contribution in [1.82, 2.24) is 9.55 Å². The Labute approximate surface area is 147 Å². The van der Waals surface area contributed by atoms with E-state index in [0.29, 0.717) is 10.2 Å². The predicted molar refractivity (Wildman–Crippen MR) is 89.0 cm³/mol. The zero-order valence-corrected chi connectivity index (χ0v) is 13.9.